The summed E-state index contributed by atoms with van der Waals surface area (Å²) in [6.07, 6.45) is 0.460. The first-order valence-corrected chi connectivity index (χ1v) is 7.08. The van der Waals surface area contributed by atoms with Gasteiger partial charge >= 0.3 is 0 Å². The van der Waals surface area contributed by atoms with Gasteiger partial charge in [0.1, 0.15) is 5.82 Å². The maximum absolute atomic E-state index is 13.7. The summed E-state index contributed by atoms with van der Waals surface area (Å²) in [4.78, 5) is 0. The van der Waals surface area contributed by atoms with Crippen molar-refractivity contribution in [3.63, 3.8) is 0 Å². The second-order valence-corrected chi connectivity index (χ2v) is 5.41. The van der Waals surface area contributed by atoms with E-state index in [9.17, 15) is 8.78 Å². The van der Waals surface area contributed by atoms with E-state index < -0.39 is 5.82 Å². The van der Waals surface area contributed by atoms with Gasteiger partial charge in [-0.05, 0) is 41.8 Å². The minimum absolute atomic E-state index is 0.193. The van der Waals surface area contributed by atoms with Crippen LogP contribution < -0.4 is 16.0 Å². The number of ether oxygens (including phenoxy) is 1. The second-order valence-electron chi connectivity index (χ2n) is 4.56. The molecule has 0 aliphatic rings. The molecule has 0 spiro atoms. The fourth-order valence-electron chi connectivity index (χ4n) is 2.12. The number of methoxy groups -OCH3 is 1. The predicted octanol–water partition coefficient (Wildman–Crippen LogP) is 3.48. The summed E-state index contributed by atoms with van der Waals surface area (Å²) in [5.74, 6) is 5.00. The summed E-state index contributed by atoms with van der Waals surface area (Å²) in [5, 5.41) is 0. The van der Waals surface area contributed by atoms with E-state index in [0.717, 1.165) is 11.1 Å². The third kappa shape index (κ3) is 3.78. The monoisotopic (exact) mass is 356 g/mol. The van der Waals surface area contributed by atoms with Crippen molar-refractivity contribution in [2.45, 2.75) is 12.5 Å². The Bertz CT molecular complexity index is 637. The first-order chi connectivity index (χ1) is 10.0. The molecule has 2 aromatic carbocycles. The van der Waals surface area contributed by atoms with Crippen LogP contribution >= 0.6 is 15.9 Å². The highest BCUT2D eigenvalue weighted by molar-refractivity contribution is 9.10. The number of hydrogen-bond donors (Lipinski definition) is 2. The number of benzene rings is 2. The Labute approximate surface area is 130 Å². The number of nitrogens with two attached hydrogens (primary N) is 1. The number of hydrogen-bond acceptors (Lipinski definition) is 3. The smallest absolute Gasteiger partial charge is 0.165 e. The highest BCUT2D eigenvalue weighted by atomic mass is 79.9. The molecule has 21 heavy (non-hydrogen) atoms. The summed E-state index contributed by atoms with van der Waals surface area (Å²) < 4.78 is 32.3. The molecule has 0 fully saturated rings. The van der Waals surface area contributed by atoms with Gasteiger partial charge in [0, 0.05) is 4.47 Å². The molecule has 3 N–H and O–H groups in total. The van der Waals surface area contributed by atoms with Gasteiger partial charge in [0.2, 0.25) is 0 Å². The Balaban J connectivity index is 2.24. The zero-order chi connectivity index (χ0) is 15.4. The van der Waals surface area contributed by atoms with E-state index in [1.54, 1.807) is 18.2 Å². The maximum atomic E-state index is 13.7. The molecule has 6 heteroatoms. The van der Waals surface area contributed by atoms with Crippen LogP contribution in [-0.4, -0.2) is 7.11 Å². The Hall–Kier alpha value is -1.50. The Morgan fingerprint density at radius 1 is 1.24 bits per heavy atom. The Morgan fingerprint density at radius 2 is 2.00 bits per heavy atom. The van der Waals surface area contributed by atoms with Gasteiger partial charge < -0.3 is 4.74 Å². The van der Waals surface area contributed by atoms with Gasteiger partial charge in [0.05, 0.1) is 13.2 Å². The average Bonchev–Trinajstić information content (AvgIpc) is 2.45. The van der Waals surface area contributed by atoms with Crippen molar-refractivity contribution < 1.29 is 13.5 Å². The molecule has 0 saturated heterocycles. The average molecular weight is 357 g/mol. The molecule has 0 aromatic heterocycles. The minimum Gasteiger partial charge on any atom is -0.494 e. The molecule has 0 radical (unpaired) electrons. The van der Waals surface area contributed by atoms with Gasteiger partial charge in [-0.2, -0.15) is 0 Å². The van der Waals surface area contributed by atoms with E-state index in [1.165, 1.54) is 25.3 Å². The van der Waals surface area contributed by atoms with E-state index >= 15 is 0 Å². The summed E-state index contributed by atoms with van der Waals surface area (Å²) >= 11 is 3.31. The summed E-state index contributed by atoms with van der Waals surface area (Å²) in [6, 6.07) is 8.84. The molecule has 0 aliphatic carbocycles. The molecule has 1 unspecified atom stereocenters. The van der Waals surface area contributed by atoms with Gasteiger partial charge in [-0.15, -0.1) is 0 Å². The number of nitrogens with one attached hydrogen (secondary N) is 1. The molecule has 0 heterocycles. The van der Waals surface area contributed by atoms with E-state index in [4.69, 9.17) is 10.6 Å². The number of halogens is 3. The van der Waals surface area contributed by atoms with Crippen molar-refractivity contribution in [2.75, 3.05) is 7.11 Å². The van der Waals surface area contributed by atoms with Gasteiger partial charge in [-0.1, -0.05) is 28.1 Å². The van der Waals surface area contributed by atoms with Gasteiger partial charge in [0.15, 0.2) is 11.6 Å². The minimum atomic E-state index is -0.427. The SMILES string of the molecule is COc1ccc(CC(NN)c2ccc(F)cc2Br)cc1F. The lowest BCUT2D eigenvalue weighted by Gasteiger charge is -2.18. The van der Waals surface area contributed by atoms with Crippen LogP contribution in [0.25, 0.3) is 0 Å². The zero-order valence-corrected chi connectivity index (χ0v) is 13.0. The van der Waals surface area contributed by atoms with Gasteiger partial charge in [0.25, 0.3) is 0 Å². The Morgan fingerprint density at radius 3 is 2.57 bits per heavy atom. The van der Waals surface area contributed by atoms with Crippen molar-refractivity contribution in [1.82, 2.24) is 5.43 Å². The Kier molecular flexibility index (Phi) is 5.27. The van der Waals surface area contributed by atoms with E-state index in [2.05, 4.69) is 21.4 Å². The van der Waals surface area contributed by atoms with Crippen LogP contribution in [0.5, 0.6) is 5.75 Å². The largest absolute Gasteiger partial charge is 0.494 e. The standard InChI is InChI=1S/C15H15BrF2N2O/c1-21-15-5-2-9(6-13(15)18)7-14(20-19)11-4-3-10(17)8-12(11)16/h2-6,8,14,20H,7,19H2,1H3. The van der Waals surface area contributed by atoms with Crippen molar-refractivity contribution in [3.8, 4) is 5.75 Å². The highest BCUT2D eigenvalue weighted by Crippen LogP contribution is 2.27. The van der Waals surface area contributed by atoms with E-state index in [0.29, 0.717) is 10.9 Å². The number of rotatable bonds is 5. The van der Waals surface area contributed by atoms with E-state index in [-0.39, 0.29) is 17.6 Å². The summed E-state index contributed by atoms with van der Waals surface area (Å²) in [5.41, 5.74) is 4.23. The lowest BCUT2D eigenvalue weighted by atomic mass is 9.99. The van der Waals surface area contributed by atoms with Crippen LogP contribution in [0.4, 0.5) is 8.78 Å². The fourth-order valence-corrected chi connectivity index (χ4v) is 2.74. The molecule has 2 rings (SSSR count). The predicted molar refractivity (Wildman–Crippen MR) is 80.8 cm³/mol. The zero-order valence-electron chi connectivity index (χ0n) is 11.4. The van der Waals surface area contributed by atoms with Crippen LogP contribution in [-0.2, 0) is 6.42 Å². The second kappa shape index (κ2) is 6.98. The molecular formula is C15H15BrF2N2O. The first kappa shape index (κ1) is 15.9. The molecule has 112 valence electrons. The molecule has 1 atom stereocenters. The molecule has 0 aliphatic heterocycles. The van der Waals surface area contributed by atoms with Crippen molar-refractivity contribution >= 4 is 15.9 Å². The van der Waals surface area contributed by atoms with Crippen molar-refractivity contribution in [3.05, 3.63) is 63.6 Å². The lowest BCUT2D eigenvalue weighted by Crippen LogP contribution is -2.29. The van der Waals surface area contributed by atoms with Gasteiger partial charge in [-0.25, -0.2) is 8.78 Å². The quantitative estimate of drug-likeness (QED) is 0.636. The normalized spacial score (nSPS) is 12.2. The molecule has 0 bridgehead atoms. The maximum Gasteiger partial charge on any atom is 0.165 e. The summed E-state index contributed by atoms with van der Waals surface area (Å²) in [6.45, 7) is 0. The van der Waals surface area contributed by atoms with Crippen molar-refractivity contribution in [1.29, 1.82) is 0 Å². The molecule has 2 aromatic rings. The van der Waals surface area contributed by atoms with Crippen molar-refractivity contribution in [2.24, 2.45) is 5.84 Å². The van der Waals surface area contributed by atoms with Crippen LogP contribution in [0.15, 0.2) is 40.9 Å². The van der Waals surface area contributed by atoms with Crippen LogP contribution in [0, 0.1) is 11.6 Å². The van der Waals surface area contributed by atoms with Crippen LogP contribution in [0.2, 0.25) is 0 Å². The number of hydrazine groups is 1. The highest BCUT2D eigenvalue weighted by Gasteiger charge is 2.15. The summed E-state index contributed by atoms with van der Waals surface area (Å²) in [7, 11) is 1.41. The lowest BCUT2D eigenvalue weighted by molar-refractivity contribution is 0.386. The van der Waals surface area contributed by atoms with Crippen LogP contribution in [0.3, 0.4) is 0 Å². The third-order valence-electron chi connectivity index (χ3n) is 3.20. The van der Waals surface area contributed by atoms with Crippen LogP contribution in [0.1, 0.15) is 17.2 Å². The van der Waals surface area contributed by atoms with E-state index in [1.807, 2.05) is 0 Å². The molecule has 3 nitrogen and oxygen atoms in total. The molecular weight excluding hydrogens is 342 g/mol. The fraction of sp³-hybridized carbons (Fsp3) is 0.200. The molecule has 0 saturated carbocycles. The third-order valence-corrected chi connectivity index (χ3v) is 3.88. The van der Waals surface area contributed by atoms with Gasteiger partial charge in [-0.3, -0.25) is 11.3 Å². The topological polar surface area (TPSA) is 47.3 Å². The molecule has 0 amide bonds. The first-order valence-electron chi connectivity index (χ1n) is 6.28.